The maximum Gasteiger partial charge on any atom is 0.226 e. The normalized spacial score (nSPS) is 23.1. The van der Waals surface area contributed by atoms with Crippen LogP contribution in [0.5, 0.6) is 0 Å². The van der Waals surface area contributed by atoms with Gasteiger partial charge in [0.1, 0.15) is 11.5 Å². The summed E-state index contributed by atoms with van der Waals surface area (Å²) < 4.78 is 0. The van der Waals surface area contributed by atoms with Gasteiger partial charge in [0.2, 0.25) is 5.95 Å². The van der Waals surface area contributed by atoms with E-state index < -0.39 is 0 Å². The van der Waals surface area contributed by atoms with E-state index in [4.69, 9.17) is 11.1 Å². The van der Waals surface area contributed by atoms with E-state index in [-0.39, 0.29) is 5.84 Å². The van der Waals surface area contributed by atoms with E-state index in [0.29, 0.717) is 23.6 Å². The van der Waals surface area contributed by atoms with Gasteiger partial charge < -0.3 is 15.5 Å². The fraction of sp³-hybridized carbons (Fsp3) is 0.615. The molecule has 6 nitrogen and oxygen atoms in total. The number of hydrogen-bond donors (Lipinski definition) is 2. The molecule has 2 heterocycles. The van der Waals surface area contributed by atoms with Crippen LogP contribution >= 0.6 is 0 Å². The van der Waals surface area contributed by atoms with Crippen molar-refractivity contribution in [2.45, 2.75) is 19.9 Å². The zero-order chi connectivity index (χ0) is 14.2. The molecule has 1 saturated heterocycles. The number of nitrogens with two attached hydrogens (primary N) is 1. The lowest BCUT2D eigenvalue weighted by Gasteiger charge is -2.22. The van der Waals surface area contributed by atoms with Crippen LogP contribution in [0.15, 0.2) is 6.07 Å². The third kappa shape index (κ3) is 2.84. The Morgan fingerprint density at radius 3 is 2.63 bits per heavy atom. The molecule has 6 heteroatoms. The standard InChI is InChI=1S/C13H22N6/c1-8-6-19(7-11(8)18(3)4)13-16-9(2)5-10(17-13)12(14)15/h5,8,11H,6-7H2,1-4H3,(H3,14,15). The van der Waals surface area contributed by atoms with Crippen LogP contribution in [0, 0.1) is 18.3 Å². The molecular weight excluding hydrogens is 240 g/mol. The Morgan fingerprint density at radius 1 is 1.42 bits per heavy atom. The summed E-state index contributed by atoms with van der Waals surface area (Å²) >= 11 is 0. The van der Waals surface area contributed by atoms with Gasteiger partial charge in [-0.1, -0.05) is 6.92 Å². The largest absolute Gasteiger partial charge is 0.382 e. The minimum atomic E-state index is -0.0110. The highest BCUT2D eigenvalue weighted by Gasteiger charge is 2.32. The minimum Gasteiger partial charge on any atom is -0.382 e. The predicted octanol–water partition coefficient (Wildman–Crippen LogP) is 0.455. The number of nitrogens with zero attached hydrogens (tertiary/aromatic N) is 4. The molecule has 1 aromatic rings. The topological polar surface area (TPSA) is 82.1 Å². The van der Waals surface area contributed by atoms with Gasteiger partial charge >= 0.3 is 0 Å². The monoisotopic (exact) mass is 262 g/mol. The van der Waals surface area contributed by atoms with Gasteiger partial charge in [-0.05, 0) is 33.0 Å². The van der Waals surface area contributed by atoms with Gasteiger partial charge in [-0.3, -0.25) is 5.41 Å². The molecule has 2 atom stereocenters. The lowest BCUT2D eigenvalue weighted by molar-refractivity contribution is 0.266. The van der Waals surface area contributed by atoms with Crippen molar-refractivity contribution in [3.8, 4) is 0 Å². The average Bonchev–Trinajstić information content (AvgIpc) is 2.70. The molecular formula is C13H22N6. The number of aryl methyl sites for hydroxylation is 1. The zero-order valence-electron chi connectivity index (χ0n) is 12.0. The first-order chi connectivity index (χ1) is 8.88. The molecule has 0 saturated carbocycles. The molecule has 19 heavy (non-hydrogen) atoms. The highest BCUT2D eigenvalue weighted by atomic mass is 15.3. The van der Waals surface area contributed by atoms with Gasteiger partial charge in [-0.15, -0.1) is 0 Å². The SMILES string of the molecule is Cc1cc(C(=N)N)nc(N2CC(C)C(N(C)C)C2)n1. The van der Waals surface area contributed by atoms with Crippen molar-refractivity contribution in [3.63, 3.8) is 0 Å². The van der Waals surface area contributed by atoms with Crippen molar-refractivity contribution in [1.29, 1.82) is 5.41 Å². The molecule has 1 aliphatic heterocycles. The first kappa shape index (κ1) is 13.7. The van der Waals surface area contributed by atoms with Gasteiger partial charge in [0, 0.05) is 24.8 Å². The van der Waals surface area contributed by atoms with E-state index in [2.05, 4.69) is 40.8 Å². The van der Waals surface area contributed by atoms with Gasteiger partial charge in [0.05, 0.1) is 0 Å². The Balaban J connectivity index is 2.26. The van der Waals surface area contributed by atoms with E-state index in [9.17, 15) is 0 Å². The van der Waals surface area contributed by atoms with Crippen LogP contribution in [-0.2, 0) is 0 Å². The van der Waals surface area contributed by atoms with Crippen molar-refractivity contribution in [1.82, 2.24) is 14.9 Å². The molecule has 2 unspecified atom stereocenters. The Bertz CT molecular complexity index is 484. The Labute approximate surface area is 114 Å². The van der Waals surface area contributed by atoms with Crippen molar-refractivity contribution >= 4 is 11.8 Å². The summed E-state index contributed by atoms with van der Waals surface area (Å²) in [5.41, 5.74) is 6.87. The highest BCUT2D eigenvalue weighted by molar-refractivity contribution is 5.93. The number of aromatic nitrogens is 2. The van der Waals surface area contributed by atoms with Crippen molar-refractivity contribution in [2.24, 2.45) is 11.7 Å². The molecule has 104 valence electrons. The van der Waals surface area contributed by atoms with Crippen LogP contribution in [0.3, 0.4) is 0 Å². The van der Waals surface area contributed by atoms with Crippen LogP contribution in [0.4, 0.5) is 5.95 Å². The van der Waals surface area contributed by atoms with E-state index in [0.717, 1.165) is 18.8 Å². The van der Waals surface area contributed by atoms with Gasteiger partial charge in [0.25, 0.3) is 0 Å². The summed E-state index contributed by atoms with van der Waals surface area (Å²) in [7, 11) is 4.20. The van der Waals surface area contributed by atoms with Gasteiger partial charge in [-0.2, -0.15) is 0 Å². The average molecular weight is 262 g/mol. The first-order valence-corrected chi connectivity index (χ1v) is 6.50. The summed E-state index contributed by atoms with van der Waals surface area (Å²) in [5, 5.41) is 7.51. The Kier molecular flexibility index (Phi) is 3.71. The number of amidine groups is 1. The third-order valence-corrected chi connectivity index (χ3v) is 3.64. The van der Waals surface area contributed by atoms with E-state index >= 15 is 0 Å². The molecule has 1 aromatic heterocycles. The number of likely N-dealkylation sites (N-methyl/N-ethyl adjacent to an activating group) is 1. The third-order valence-electron chi connectivity index (χ3n) is 3.64. The molecule has 0 spiro atoms. The second kappa shape index (κ2) is 5.13. The van der Waals surface area contributed by atoms with E-state index in [1.165, 1.54) is 0 Å². The molecule has 2 rings (SSSR count). The number of nitrogens with one attached hydrogen (secondary N) is 1. The molecule has 0 amide bonds. The quantitative estimate of drug-likeness (QED) is 0.611. The molecule has 0 aromatic carbocycles. The minimum absolute atomic E-state index is 0.0110. The lowest BCUT2D eigenvalue weighted by Crippen LogP contribution is -2.34. The summed E-state index contributed by atoms with van der Waals surface area (Å²) in [6.07, 6.45) is 0. The van der Waals surface area contributed by atoms with Crippen LogP contribution in [0.25, 0.3) is 0 Å². The second-order valence-corrected chi connectivity index (χ2v) is 5.52. The van der Waals surface area contributed by atoms with Gasteiger partial charge in [-0.25, -0.2) is 9.97 Å². The molecule has 3 N–H and O–H groups in total. The van der Waals surface area contributed by atoms with Crippen LogP contribution in [-0.4, -0.2) is 53.9 Å². The number of rotatable bonds is 3. The van der Waals surface area contributed by atoms with E-state index in [1.54, 1.807) is 6.07 Å². The fourth-order valence-electron chi connectivity index (χ4n) is 2.62. The van der Waals surface area contributed by atoms with Crippen molar-refractivity contribution in [3.05, 3.63) is 17.5 Å². The molecule has 1 fully saturated rings. The summed E-state index contributed by atoms with van der Waals surface area (Å²) in [6.45, 7) is 5.99. The Morgan fingerprint density at radius 2 is 2.11 bits per heavy atom. The van der Waals surface area contributed by atoms with E-state index in [1.807, 2.05) is 6.92 Å². The van der Waals surface area contributed by atoms with Crippen molar-refractivity contribution in [2.75, 3.05) is 32.1 Å². The molecule has 0 radical (unpaired) electrons. The summed E-state index contributed by atoms with van der Waals surface area (Å²) in [6, 6.07) is 2.25. The maximum atomic E-state index is 7.51. The van der Waals surface area contributed by atoms with Crippen LogP contribution in [0.2, 0.25) is 0 Å². The summed E-state index contributed by atoms with van der Waals surface area (Å²) in [4.78, 5) is 13.3. The number of anilines is 1. The molecule has 0 bridgehead atoms. The van der Waals surface area contributed by atoms with Crippen molar-refractivity contribution < 1.29 is 0 Å². The van der Waals surface area contributed by atoms with Crippen LogP contribution in [0.1, 0.15) is 18.3 Å². The molecule has 0 aliphatic carbocycles. The zero-order valence-corrected chi connectivity index (χ0v) is 12.0. The van der Waals surface area contributed by atoms with Gasteiger partial charge in [0.15, 0.2) is 0 Å². The highest BCUT2D eigenvalue weighted by Crippen LogP contribution is 2.23. The number of hydrogen-bond acceptors (Lipinski definition) is 5. The predicted molar refractivity (Wildman–Crippen MR) is 76.6 cm³/mol. The molecule has 1 aliphatic rings. The summed E-state index contributed by atoms with van der Waals surface area (Å²) in [5.74, 6) is 1.24. The maximum absolute atomic E-state index is 7.51. The Hall–Kier alpha value is -1.69. The first-order valence-electron chi connectivity index (χ1n) is 6.50. The second-order valence-electron chi connectivity index (χ2n) is 5.52. The lowest BCUT2D eigenvalue weighted by atomic mass is 10.1. The number of nitrogen functional groups attached to an aromatic ring is 1. The van der Waals surface area contributed by atoms with Crippen LogP contribution < -0.4 is 10.6 Å². The fourth-order valence-corrected chi connectivity index (χ4v) is 2.62. The smallest absolute Gasteiger partial charge is 0.226 e.